The van der Waals surface area contributed by atoms with Gasteiger partial charge in [-0.15, -0.1) is 0 Å². The number of methoxy groups -OCH3 is 1. The van der Waals surface area contributed by atoms with E-state index < -0.39 is 6.10 Å². The molecule has 188 valence electrons. The predicted molar refractivity (Wildman–Crippen MR) is 133 cm³/mol. The summed E-state index contributed by atoms with van der Waals surface area (Å²) in [5, 5.41) is 0. The van der Waals surface area contributed by atoms with Crippen LogP contribution in [0.2, 0.25) is 0 Å². The van der Waals surface area contributed by atoms with Gasteiger partial charge >= 0.3 is 0 Å². The molecule has 0 N–H and O–H groups in total. The van der Waals surface area contributed by atoms with E-state index in [2.05, 4.69) is 4.98 Å². The fourth-order valence-corrected chi connectivity index (χ4v) is 4.14. The van der Waals surface area contributed by atoms with Crippen molar-refractivity contribution in [3.05, 3.63) is 95.6 Å². The number of pyridine rings is 1. The van der Waals surface area contributed by atoms with Crippen molar-refractivity contribution >= 4 is 11.8 Å². The van der Waals surface area contributed by atoms with E-state index in [-0.39, 0.29) is 43.7 Å². The number of hydrogen-bond donors (Lipinski definition) is 0. The zero-order chi connectivity index (χ0) is 25.3. The van der Waals surface area contributed by atoms with Crippen LogP contribution in [0.1, 0.15) is 23.2 Å². The van der Waals surface area contributed by atoms with E-state index in [9.17, 15) is 14.0 Å². The van der Waals surface area contributed by atoms with E-state index in [0.717, 1.165) is 17.0 Å². The molecule has 3 aromatic rings. The van der Waals surface area contributed by atoms with Crippen LogP contribution < -0.4 is 4.74 Å². The first-order valence-corrected chi connectivity index (χ1v) is 11.9. The number of aromatic nitrogens is 1. The summed E-state index contributed by atoms with van der Waals surface area (Å²) in [5.74, 6) is 0.0890. The van der Waals surface area contributed by atoms with Crippen LogP contribution >= 0.6 is 0 Å². The maximum Gasteiger partial charge on any atom is 0.242 e. The van der Waals surface area contributed by atoms with E-state index in [0.29, 0.717) is 25.1 Å². The van der Waals surface area contributed by atoms with Crippen molar-refractivity contribution in [2.75, 3.05) is 26.7 Å². The van der Waals surface area contributed by atoms with E-state index in [1.165, 1.54) is 6.07 Å². The van der Waals surface area contributed by atoms with Gasteiger partial charge in [-0.05, 0) is 42.3 Å². The summed E-state index contributed by atoms with van der Waals surface area (Å²) in [6.45, 7) is 0.941. The molecule has 7 nitrogen and oxygen atoms in total. The highest BCUT2D eigenvalue weighted by atomic mass is 19.1. The van der Waals surface area contributed by atoms with E-state index in [1.54, 1.807) is 41.3 Å². The third-order valence-electron chi connectivity index (χ3n) is 6.17. The molecule has 1 fully saturated rings. The lowest BCUT2D eigenvalue weighted by atomic mass is 10.2. The minimum absolute atomic E-state index is 0.0310. The lowest BCUT2D eigenvalue weighted by molar-refractivity contribution is -0.139. The Morgan fingerprint density at radius 1 is 1.06 bits per heavy atom. The molecule has 1 aliphatic rings. The molecule has 0 bridgehead atoms. The van der Waals surface area contributed by atoms with Gasteiger partial charge in [0.25, 0.3) is 0 Å². The average molecular weight is 492 g/mol. The van der Waals surface area contributed by atoms with Crippen LogP contribution in [0.5, 0.6) is 5.75 Å². The molecule has 2 aromatic carbocycles. The first-order chi connectivity index (χ1) is 17.5. The molecule has 4 rings (SSSR count). The van der Waals surface area contributed by atoms with Crippen molar-refractivity contribution in [1.29, 1.82) is 0 Å². The third-order valence-corrected chi connectivity index (χ3v) is 6.17. The summed E-state index contributed by atoms with van der Waals surface area (Å²) in [5.41, 5.74) is 2.19. The van der Waals surface area contributed by atoms with Gasteiger partial charge < -0.3 is 19.3 Å². The highest BCUT2D eigenvalue weighted by Gasteiger charge is 2.31. The zero-order valence-corrected chi connectivity index (χ0v) is 20.3. The molecule has 2 heterocycles. The molecule has 1 saturated heterocycles. The number of nitrogens with zero attached hydrogens (tertiary/aromatic N) is 3. The van der Waals surface area contributed by atoms with Gasteiger partial charge in [0.05, 0.1) is 26.4 Å². The SMILES string of the molecule is COc1ccc(CN2CC(OCc3ccccc3F)CN(C(=O)CCc3ccccn3)CC2=O)cc1. The first-order valence-electron chi connectivity index (χ1n) is 11.9. The highest BCUT2D eigenvalue weighted by Crippen LogP contribution is 2.18. The summed E-state index contributed by atoms with van der Waals surface area (Å²) >= 11 is 0. The van der Waals surface area contributed by atoms with Crippen molar-refractivity contribution in [3.8, 4) is 5.75 Å². The molecule has 1 aliphatic heterocycles. The monoisotopic (exact) mass is 491 g/mol. The van der Waals surface area contributed by atoms with Gasteiger partial charge in [0.15, 0.2) is 0 Å². The summed E-state index contributed by atoms with van der Waals surface area (Å²) in [6.07, 6.45) is 1.95. The Balaban J connectivity index is 1.47. The Morgan fingerprint density at radius 2 is 1.83 bits per heavy atom. The van der Waals surface area contributed by atoms with Crippen LogP contribution in [0.3, 0.4) is 0 Å². The second kappa shape index (κ2) is 12.3. The van der Waals surface area contributed by atoms with Crippen LogP contribution in [0.4, 0.5) is 4.39 Å². The van der Waals surface area contributed by atoms with Crippen LogP contribution in [0.25, 0.3) is 0 Å². The number of carbonyl (C=O) groups excluding carboxylic acids is 2. The third kappa shape index (κ3) is 6.88. The fraction of sp³-hybridized carbons (Fsp3) is 0.321. The topological polar surface area (TPSA) is 72.0 Å². The van der Waals surface area contributed by atoms with E-state index in [4.69, 9.17) is 9.47 Å². The van der Waals surface area contributed by atoms with Gasteiger partial charge in [0, 0.05) is 43.5 Å². The normalized spacial score (nSPS) is 16.1. The smallest absolute Gasteiger partial charge is 0.242 e. The number of rotatable bonds is 9. The Labute approximate surface area is 210 Å². The molecule has 36 heavy (non-hydrogen) atoms. The minimum atomic E-state index is -0.465. The zero-order valence-electron chi connectivity index (χ0n) is 20.3. The molecule has 0 radical (unpaired) electrons. The van der Waals surface area contributed by atoms with Crippen molar-refractivity contribution in [2.24, 2.45) is 0 Å². The lowest BCUT2D eigenvalue weighted by Crippen LogP contribution is -2.39. The van der Waals surface area contributed by atoms with Gasteiger partial charge in [0.2, 0.25) is 11.8 Å². The van der Waals surface area contributed by atoms with Crippen molar-refractivity contribution in [1.82, 2.24) is 14.8 Å². The Kier molecular flexibility index (Phi) is 8.62. The lowest BCUT2D eigenvalue weighted by Gasteiger charge is -2.25. The van der Waals surface area contributed by atoms with Gasteiger partial charge in [-0.25, -0.2) is 4.39 Å². The Hall–Kier alpha value is -3.78. The summed E-state index contributed by atoms with van der Waals surface area (Å²) < 4.78 is 25.4. The molecule has 1 aromatic heterocycles. The first kappa shape index (κ1) is 25.3. The van der Waals surface area contributed by atoms with E-state index in [1.807, 2.05) is 42.5 Å². The second-order valence-electron chi connectivity index (χ2n) is 8.74. The molecule has 0 saturated carbocycles. The van der Waals surface area contributed by atoms with Crippen LogP contribution in [-0.4, -0.2) is 59.4 Å². The van der Waals surface area contributed by atoms with Crippen LogP contribution in [0.15, 0.2) is 72.9 Å². The predicted octanol–water partition coefficient (Wildman–Crippen LogP) is 3.62. The molecular formula is C28H30FN3O4. The second-order valence-corrected chi connectivity index (χ2v) is 8.74. The molecule has 2 amide bonds. The van der Waals surface area contributed by atoms with Gasteiger partial charge in [0.1, 0.15) is 11.6 Å². The number of aryl methyl sites for hydroxylation is 1. The fourth-order valence-electron chi connectivity index (χ4n) is 4.14. The number of halogens is 1. The van der Waals surface area contributed by atoms with E-state index >= 15 is 0 Å². The van der Waals surface area contributed by atoms with Crippen LogP contribution in [0, 0.1) is 5.82 Å². The number of carbonyl (C=O) groups is 2. The molecule has 0 aliphatic carbocycles. The summed E-state index contributed by atoms with van der Waals surface area (Å²) in [4.78, 5) is 33.8. The summed E-state index contributed by atoms with van der Waals surface area (Å²) in [6, 6.07) is 19.5. The molecular weight excluding hydrogens is 461 g/mol. The van der Waals surface area contributed by atoms with Crippen molar-refractivity contribution < 1.29 is 23.5 Å². The van der Waals surface area contributed by atoms with Crippen molar-refractivity contribution in [3.63, 3.8) is 0 Å². The molecule has 0 spiro atoms. The van der Waals surface area contributed by atoms with Crippen LogP contribution in [-0.2, 0) is 33.9 Å². The minimum Gasteiger partial charge on any atom is -0.497 e. The van der Waals surface area contributed by atoms with Crippen molar-refractivity contribution in [2.45, 2.75) is 32.1 Å². The maximum atomic E-state index is 14.2. The number of benzene rings is 2. The average Bonchev–Trinajstić information content (AvgIpc) is 3.06. The number of ether oxygens (including phenoxy) is 2. The molecule has 1 atom stereocenters. The Morgan fingerprint density at radius 3 is 2.56 bits per heavy atom. The van der Waals surface area contributed by atoms with Gasteiger partial charge in [-0.3, -0.25) is 14.6 Å². The molecule has 1 unspecified atom stereocenters. The van der Waals surface area contributed by atoms with Gasteiger partial charge in [-0.1, -0.05) is 36.4 Å². The Bertz CT molecular complexity index is 1160. The quantitative estimate of drug-likeness (QED) is 0.457. The van der Waals surface area contributed by atoms with Gasteiger partial charge in [-0.2, -0.15) is 0 Å². The maximum absolute atomic E-state index is 14.2. The number of amides is 2. The summed E-state index contributed by atoms with van der Waals surface area (Å²) in [7, 11) is 1.60. The molecule has 8 heteroatoms. The number of hydrogen-bond acceptors (Lipinski definition) is 5. The largest absolute Gasteiger partial charge is 0.497 e. The standard InChI is InChI=1S/C28H30FN3O4/c1-35-24-12-9-21(10-13-24)16-31-17-25(36-20-22-6-2-3-8-26(22)29)18-32(19-28(31)34)27(33)14-11-23-7-4-5-15-30-23/h2-10,12-13,15,25H,11,14,16-20H2,1H3. The highest BCUT2D eigenvalue weighted by molar-refractivity contribution is 5.85.